The molecule has 2 aliphatic heterocycles. The maximum atomic E-state index is 15.5. The lowest BCUT2D eigenvalue weighted by Crippen LogP contribution is -2.59. The predicted molar refractivity (Wildman–Crippen MR) is 198 cm³/mol. The predicted octanol–water partition coefficient (Wildman–Crippen LogP) is 4.09. The minimum absolute atomic E-state index is 0.0217. The van der Waals surface area contributed by atoms with Gasteiger partial charge in [-0.15, -0.1) is 0 Å². The lowest BCUT2D eigenvalue weighted by molar-refractivity contribution is -0.142. The van der Waals surface area contributed by atoms with Crippen LogP contribution in [-0.2, 0) is 33.3 Å². The molecule has 53 heavy (non-hydrogen) atoms. The van der Waals surface area contributed by atoms with Crippen molar-refractivity contribution in [2.45, 2.75) is 58.7 Å². The van der Waals surface area contributed by atoms with E-state index in [1.54, 1.807) is 24.4 Å². The second-order valence-electron chi connectivity index (χ2n) is 14.6. The highest BCUT2D eigenvalue weighted by Gasteiger charge is 2.32. The van der Waals surface area contributed by atoms with Crippen LogP contribution in [0.5, 0.6) is 0 Å². The number of anilines is 3. The minimum Gasteiger partial charge on any atom is -0.461 e. The number of halogens is 1. The van der Waals surface area contributed by atoms with Crippen molar-refractivity contribution in [1.29, 1.82) is 0 Å². The molecule has 4 aromatic heterocycles. The van der Waals surface area contributed by atoms with Gasteiger partial charge in [0.05, 0.1) is 48.4 Å². The number of aromatic nitrogens is 6. The number of carbonyl (C=O) groups is 1. The molecule has 7 rings (SSSR count). The van der Waals surface area contributed by atoms with Gasteiger partial charge < -0.3 is 19.7 Å². The highest BCUT2D eigenvalue weighted by atomic mass is 19.1. The van der Waals surface area contributed by atoms with E-state index in [1.807, 2.05) is 32.9 Å². The Balaban J connectivity index is 1.22. The number of hydrogen-bond acceptors (Lipinski definition) is 12. The maximum absolute atomic E-state index is 15.5. The van der Waals surface area contributed by atoms with Gasteiger partial charge in [-0.2, -0.15) is 14.9 Å². The van der Waals surface area contributed by atoms with E-state index < -0.39 is 22.9 Å². The molecule has 0 unspecified atom stereocenters. The third-order valence-electron chi connectivity index (χ3n) is 9.84. The van der Waals surface area contributed by atoms with Crippen molar-refractivity contribution in [1.82, 2.24) is 34.4 Å². The molecule has 5 aromatic rings. The first kappa shape index (κ1) is 35.8. The summed E-state index contributed by atoms with van der Waals surface area (Å²) in [7, 11) is 1.52. The molecule has 15 heteroatoms. The molecule has 0 radical (unpaired) electrons. The van der Waals surface area contributed by atoms with Gasteiger partial charge in [-0.1, -0.05) is 20.8 Å². The fourth-order valence-corrected chi connectivity index (χ4v) is 6.77. The van der Waals surface area contributed by atoms with Gasteiger partial charge in [0.15, 0.2) is 5.82 Å². The summed E-state index contributed by atoms with van der Waals surface area (Å²) in [6, 6.07) is 10.9. The van der Waals surface area contributed by atoms with E-state index in [2.05, 4.69) is 42.2 Å². The molecule has 0 amide bonds. The van der Waals surface area contributed by atoms with Gasteiger partial charge in [0.1, 0.15) is 23.9 Å². The van der Waals surface area contributed by atoms with Gasteiger partial charge >= 0.3 is 5.97 Å². The van der Waals surface area contributed by atoms with Crippen LogP contribution in [0.25, 0.3) is 27.8 Å². The molecule has 0 aliphatic carbocycles. The molecule has 1 N–H and O–H groups in total. The van der Waals surface area contributed by atoms with Crippen LogP contribution >= 0.6 is 0 Å². The summed E-state index contributed by atoms with van der Waals surface area (Å²) < 4.78 is 28.5. The Hall–Kier alpha value is -5.54. The number of carbonyl (C=O) groups excluding carboxylic acids is 1. The highest BCUT2D eigenvalue weighted by Crippen LogP contribution is 2.30. The van der Waals surface area contributed by atoms with Crippen molar-refractivity contribution in [2.75, 3.05) is 43.1 Å². The second-order valence-corrected chi connectivity index (χ2v) is 14.6. The summed E-state index contributed by atoms with van der Waals surface area (Å²) in [5.74, 6) is -0.770. The third kappa shape index (κ3) is 7.13. The van der Waals surface area contributed by atoms with Crippen LogP contribution in [0.3, 0.4) is 0 Å². The second kappa shape index (κ2) is 14.1. The fourth-order valence-electron chi connectivity index (χ4n) is 6.77. The molecule has 0 spiro atoms. The number of benzene rings is 1. The van der Waals surface area contributed by atoms with E-state index in [-0.39, 0.29) is 34.5 Å². The van der Waals surface area contributed by atoms with Gasteiger partial charge in [0.2, 0.25) is 0 Å². The standard InChI is InChI=1S/C38H42FN9O5/c1-22-18-46(27-19-52-20-27)11-12-47(22)26-7-8-33(41-17-26)43-32-15-31(44-45(6)36(32)50)28-9-10-40-35(29(28)21-53-23(2)49)48-37(51)34-24(16-42-48)13-25(14-30(34)39)38(3,4)5/h7-10,13-17,22,27H,11-12,18-21H2,1-6H3,(H,41,43)/t22-/m0/s1. The number of hydrogen-bond donors (Lipinski definition) is 1. The van der Waals surface area contributed by atoms with Crippen LogP contribution in [0.1, 0.15) is 45.7 Å². The molecule has 6 heterocycles. The smallest absolute Gasteiger partial charge is 0.302 e. The van der Waals surface area contributed by atoms with Crippen molar-refractivity contribution in [2.24, 2.45) is 7.05 Å². The van der Waals surface area contributed by atoms with Crippen LogP contribution in [0.15, 0.2) is 64.6 Å². The van der Waals surface area contributed by atoms with E-state index in [4.69, 9.17) is 9.47 Å². The van der Waals surface area contributed by atoms with Crippen molar-refractivity contribution < 1.29 is 18.7 Å². The van der Waals surface area contributed by atoms with Crippen LogP contribution in [0.2, 0.25) is 0 Å². The number of nitrogens with zero attached hydrogens (tertiary/aromatic N) is 8. The molecule has 2 fully saturated rings. The Morgan fingerprint density at radius 1 is 1.06 bits per heavy atom. The lowest BCUT2D eigenvalue weighted by Gasteiger charge is -2.46. The number of esters is 1. The van der Waals surface area contributed by atoms with E-state index in [9.17, 15) is 14.4 Å². The zero-order valence-corrected chi connectivity index (χ0v) is 30.6. The molecule has 2 saturated heterocycles. The topological polar surface area (TPSA) is 150 Å². The van der Waals surface area contributed by atoms with E-state index >= 15 is 4.39 Å². The Kier molecular flexibility index (Phi) is 9.55. The Morgan fingerprint density at radius 2 is 1.85 bits per heavy atom. The van der Waals surface area contributed by atoms with Crippen LogP contribution in [0.4, 0.5) is 21.6 Å². The monoisotopic (exact) mass is 723 g/mol. The Morgan fingerprint density at radius 3 is 2.51 bits per heavy atom. The van der Waals surface area contributed by atoms with Crippen LogP contribution < -0.4 is 21.3 Å². The minimum atomic E-state index is -0.733. The van der Waals surface area contributed by atoms with Crippen molar-refractivity contribution in [3.05, 3.63) is 92.6 Å². The Bertz CT molecular complexity index is 2320. The number of pyridine rings is 2. The number of nitrogens with one attached hydrogen (secondary N) is 1. The molecule has 0 saturated carbocycles. The van der Waals surface area contributed by atoms with Crippen molar-refractivity contribution in [3.8, 4) is 17.1 Å². The first-order valence-corrected chi connectivity index (χ1v) is 17.5. The summed E-state index contributed by atoms with van der Waals surface area (Å²) >= 11 is 0. The van der Waals surface area contributed by atoms with E-state index in [0.29, 0.717) is 34.5 Å². The summed E-state index contributed by atoms with van der Waals surface area (Å²) in [5.41, 5.74) is 1.42. The summed E-state index contributed by atoms with van der Waals surface area (Å²) in [5, 5.41) is 12.2. The van der Waals surface area contributed by atoms with Crippen molar-refractivity contribution >= 4 is 33.9 Å². The summed E-state index contributed by atoms with van der Waals surface area (Å²) in [6.07, 6.45) is 4.65. The van der Waals surface area contributed by atoms with Gasteiger partial charge in [0.25, 0.3) is 11.1 Å². The number of fused-ring (bicyclic) bond motifs is 1. The number of aryl methyl sites for hydroxylation is 1. The molecule has 0 bridgehead atoms. The van der Waals surface area contributed by atoms with E-state index in [0.717, 1.165) is 48.8 Å². The largest absolute Gasteiger partial charge is 0.461 e. The zero-order valence-electron chi connectivity index (χ0n) is 30.6. The van der Waals surface area contributed by atoms with E-state index in [1.165, 1.54) is 37.1 Å². The zero-order chi connectivity index (χ0) is 37.6. The molecule has 14 nitrogen and oxygen atoms in total. The SMILES string of the molecule is CC(=O)OCc1c(-c2cc(Nc3ccc(N4CCN(C5COC5)C[C@@H]4C)cn3)c(=O)n(C)n2)ccnc1-n1ncc2cc(C(C)(C)C)cc(F)c2c1=O. The van der Waals surface area contributed by atoms with Crippen LogP contribution in [-0.4, -0.2) is 85.3 Å². The van der Waals surface area contributed by atoms with Crippen LogP contribution in [0, 0.1) is 5.82 Å². The highest BCUT2D eigenvalue weighted by molar-refractivity contribution is 5.83. The quantitative estimate of drug-likeness (QED) is 0.230. The fraction of sp³-hybridized carbons (Fsp3) is 0.395. The third-order valence-corrected chi connectivity index (χ3v) is 9.84. The molecule has 1 aromatic carbocycles. The molecule has 1 atom stereocenters. The summed E-state index contributed by atoms with van der Waals surface area (Å²) in [4.78, 5) is 53.0. The first-order chi connectivity index (χ1) is 25.3. The Labute approximate surface area is 305 Å². The van der Waals surface area contributed by atoms with Gasteiger partial charge in [-0.25, -0.2) is 19.0 Å². The molecule has 276 valence electrons. The normalized spacial score (nSPS) is 16.8. The number of piperazine rings is 1. The average Bonchev–Trinajstić information content (AvgIpc) is 3.08. The lowest BCUT2D eigenvalue weighted by atomic mass is 9.86. The van der Waals surface area contributed by atoms with Gasteiger partial charge in [0, 0.05) is 62.4 Å². The van der Waals surface area contributed by atoms with Gasteiger partial charge in [-0.05, 0) is 54.3 Å². The molecular formula is C38H42FN9O5. The van der Waals surface area contributed by atoms with Crippen molar-refractivity contribution in [3.63, 3.8) is 0 Å². The molecular weight excluding hydrogens is 681 g/mol. The molecule has 2 aliphatic rings. The number of rotatable bonds is 8. The summed E-state index contributed by atoms with van der Waals surface area (Å²) in [6.45, 7) is 13.4. The van der Waals surface area contributed by atoms with Gasteiger partial charge in [-0.3, -0.25) is 19.3 Å². The number of ether oxygens (including phenoxy) is 2. The first-order valence-electron chi connectivity index (χ1n) is 17.5. The average molecular weight is 724 g/mol. The maximum Gasteiger partial charge on any atom is 0.302 e.